The van der Waals surface area contributed by atoms with Gasteiger partial charge in [-0.15, -0.1) is 0 Å². The predicted molar refractivity (Wildman–Crippen MR) is 67.0 cm³/mol. The Morgan fingerprint density at radius 3 is 2.53 bits per heavy atom. The SMILES string of the molecule is CCN(CC)C(=O)Cn1c(=O)[nH]cc(Br)c1=O. The van der Waals surface area contributed by atoms with Gasteiger partial charge >= 0.3 is 5.69 Å². The number of rotatable bonds is 4. The first-order chi connectivity index (χ1) is 8.01. The minimum absolute atomic E-state index is 0.226. The van der Waals surface area contributed by atoms with E-state index in [-0.39, 0.29) is 16.9 Å². The number of carbonyl (C=O) groups excluding carboxylic acids is 1. The number of H-pyrrole nitrogens is 1. The van der Waals surface area contributed by atoms with Gasteiger partial charge < -0.3 is 9.88 Å². The Labute approximate surface area is 106 Å². The van der Waals surface area contributed by atoms with Gasteiger partial charge in [0.25, 0.3) is 5.56 Å². The number of aromatic amines is 1. The molecule has 1 N–H and O–H groups in total. The number of carbonyl (C=O) groups is 1. The number of likely N-dealkylation sites (N-methyl/N-ethyl adjacent to an activating group) is 1. The molecule has 0 aromatic carbocycles. The Morgan fingerprint density at radius 2 is 2.00 bits per heavy atom. The molecule has 1 rings (SSSR count). The maximum atomic E-state index is 11.8. The van der Waals surface area contributed by atoms with Crippen LogP contribution >= 0.6 is 15.9 Å². The molecule has 6 nitrogen and oxygen atoms in total. The molecule has 0 aliphatic carbocycles. The third-order valence-corrected chi connectivity index (χ3v) is 2.99. The van der Waals surface area contributed by atoms with Gasteiger partial charge in [0, 0.05) is 19.3 Å². The topological polar surface area (TPSA) is 75.2 Å². The van der Waals surface area contributed by atoms with Gasteiger partial charge in [-0.1, -0.05) is 0 Å². The number of nitrogens with one attached hydrogen (secondary N) is 1. The van der Waals surface area contributed by atoms with Crippen molar-refractivity contribution in [3.05, 3.63) is 31.5 Å². The number of aromatic nitrogens is 2. The molecule has 0 saturated carbocycles. The lowest BCUT2D eigenvalue weighted by molar-refractivity contribution is -0.131. The van der Waals surface area contributed by atoms with Crippen LogP contribution in [-0.4, -0.2) is 33.4 Å². The molecule has 0 spiro atoms. The first-order valence-electron chi connectivity index (χ1n) is 5.27. The molecule has 0 bridgehead atoms. The molecule has 1 heterocycles. The summed E-state index contributed by atoms with van der Waals surface area (Å²) in [4.78, 5) is 38.8. The molecule has 0 aliphatic rings. The van der Waals surface area contributed by atoms with Crippen LogP contribution in [0, 0.1) is 0 Å². The van der Waals surface area contributed by atoms with Crippen molar-refractivity contribution in [2.45, 2.75) is 20.4 Å². The Morgan fingerprint density at radius 1 is 1.41 bits per heavy atom. The Hall–Kier alpha value is -1.37. The minimum Gasteiger partial charge on any atom is -0.342 e. The van der Waals surface area contributed by atoms with Gasteiger partial charge in [-0.3, -0.25) is 9.59 Å². The number of halogens is 1. The molecule has 7 heteroatoms. The summed E-state index contributed by atoms with van der Waals surface area (Å²) in [5.74, 6) is -0.249. The molecular formula is C10H14BrN3O3. The van der Waals surface area contributed by atoms with Crippen LogP contribution in [0.15, 0.2) is 20.3 Å². The van der Waals surface area contributed by atoms with E-state index in [1.165, 1.54) is 6.20 Å². The second-order valence-electron chi connectivity index (χ2n) is 3.40. The van der Waals surface area contributed by atoms with Crippen LogP contribution in [0.5, 0.6) is 0 Å². The van der Waals surface area contributed by atoms with E-state index in [0.29, 0.717) is 13.1 Å². The van der Waals surface area contributed by atoms with E-state index in [0.717, 1.165) is 4.57 Å². The summed E-state index contributed by atoms with van der Waals surface area (Å²) in [5, 5.41) is 0. The maximum absolute atomic E-state index is 11.8. The molecule has 0 atom stereocenters. The second-order valence-corrected chi connectivity index (χ2v) is 4.25. The third kappa shape index (κ3) is 3.06. The number of hydrogen-bond donors (Lipinski definition) is 1. The first-order valence-corrected chi connectivity index (χ1v) is 6.06. The summed E-state index contributed by atoms with van der Waals surface area (Å²) in [6.07, 6.45) is 1.27. The van der Waals surface area contributed by atoms with E-state index >= 15 is 0 Å². The molecule has 0 fully saturated rings. The van der Waals surface area contributed by atoms with Crippen molar-refractivity contribution in [3.63, 3.8) is 0 Å². The van der Waals surface area contributed by atoms with Gasteiger partial charge in [-0.25, -0.2) is 9.36 Å². The van der Waals surface area contributed by atoms with Gasteiger partial charge in [0.2, 0.25) is 5.91 Å². The fourth-order valence-corrected chi connectivity index (χ4v) is 1.77. The summed E-state index contributed by atoms with van der Waals surface area (Å²) < 4.78 is 1.11. The molecule has 0 unspecified atom stereocenters. The van der Waals surface area contributed by atoms with Gasteiger partial charge in [-0.2, -0.15) is 0 Å². The van der Waals surface area contributed by atoms with E-state index in [9.17, 15) is 14.4 Å². The zero-order valence-corrected chi connectivity index (χ0v) is 11.3. The van der Waals surface area contributed by atoms with Crippen LogP contribution < -0.4 is 11.2 Å². The van der Waals surface area contributed by atoms with E-state index < -0.39 is 11.2 Å². The van der Waals surface area contributed by atoms with Crippen LogP contribution in [0.3, 0.4) is 0 Å². The predicted octanol–water partition coefficient (Wildman–Crippen LogP) is 0.168. The molecule has 1 amide bonds. The van der Waals surface area contributed by atoms with Gasteiger partial charge in [0.15, 0.2) is 0 Å². The zero-order chi connectivity index (χ0) is 13.0. The molecule has 1 aromatic rings. The van der Waals surface area contributed by atoms with Crippen molar-refractivity contribution < 1.29 is 4.79 Å². The van der Waals surface area contributed by atoms with Crippen molar-refractivity contribution in [1.29, 1.82) is 0 Å². The Balaban J connectivity index is 3.04. The summed E-state index contributed by atoms with van der Waals surface area (Å²) in [6, 6.07) is 0. The lowest BCUT2D eigenvalue weighted by atomic mass is 10.4. The highest BCUT2D eigenvalue weighted by Gasteiger charge is 2.13. The highest BCUT2D eigenvalue weighted by molar-refractivity contribution is 9.10. The minimum atomic E-state index is -0.585. The maximum Gasteiger partial charge on any atom is 0.328 e. The van der Waals surface area contributed by atoms with Crippen molar-refractivity contribution >= 4 is 21.8 Å². The number of amides is 1. The normalized spacial score (nSPS) is 10.3. The molecule has 0 aliphatic heterocycles. The van der Waals surface area contributed by atoms with E-state index in [1.807, 2.05) is 13.8 Å². The van der Waals surface area contributed by atoms with Crippen molar-refractivity contribution in [3.8, 4) is 0 Å². The lowest BCUT2D eigenvalue weighted by Gasteiger charge is -2.18. The van der Waals surface area contributed by atoms with Crippen molar-refractivity contribution in [2.24, 2.45) is 0 Å². The Bertz CT molecular complexity index is 516. The zero-order valence-electron chi connectivity index (χ0n) is 9.70. The molecular weight excluding hydrogens is 290 g/mol. The number of hydrogen-bond acceptors (Lipinski definition) is 3. The van der Waals surface area contributed by atoms with Crippen LogP contribution in [0.2, 0.25) is 0 Å². The molecule has 0 radical (unpaired) electrons. The van der Waals surface area contributed by atoms with Crippen molar-refractivity contribution in [2.75, 3.05) is 13.1 Å². The first kappa shape index (κ1) is 13.7. The van der Waals surface area contributed by atoms with E-state index in [2.05, 4.69) is 20.9 Å². The average Bonchev–Trinajstić information content (AvgIpc) is 2.31. The van der Waals surface area contributed by atoms with Crippen LogP contribution in [0.4, 0.5) is 0 Å². The molecule has 1 aromatic heterocycles. The van der Waals surface area contributed by atoms with Crippen LogP contribution in [0.1, 0.15) is 13.8 Å². The van der Waals surface area contributed by atoms with E-state index in [1.54, 1.807) is 4.90 Å². The quantitative estimate of drug-likeness (QED) is 0.861. The number of nitrogens with zero attached hydrogens (tertiary/aromatic N) is 2. The highest BCUT2D eigenvalue weighted by Crippen LogP contribution is 1.97. The van der Waals surface area contributed by atoms with Gasteiger partial charge in [0.05, 0.1) is 4.47 Å². The van der Waals surface area contributed by atoms with Crippen LogP contribution in [-0.2, 0) is 11.3 Å². The summed E-state index contributed by atoms with van der Waals surface area (Å²) in [5.41, 5.74) is -1.09. The Kier molecular flexibility index (Phi) is 4.68. The second kappa shape index (κ2) is 5.81. The van der Waals surface area contributed by atoms with Crippen molar-refractivity contribution in [1.82, 2.24) is 14.5 Å². The smallest absolute Gasteiger partial charge is 0.328 e. The third-order valence-electron chi connectivity index (χ3n) is 2.43. The fraction of sp³-hybridized carbons (Fsp3) is 0.500. The fourth-order valence-electron chi connectivity index (χ4n) is 1.44. The summed E-state index contributed by atoms with van der Waals surface area (Å²) in [7, 11) is 0. The largest absolute Gasteiger partial charge is 0.342 e. The van der Waals surface area contributed by atoms with Gasteiger partial charge in [0.1, 0.15) is 6.54 Å². The lowest BCUT2D eigenvalue weighted by Crippen LogP contribution is -2.42. The molecule has 0 saturated heterocycles. The van der Waals surface area contributed by atoms with E-state index in [4.69, 9.17) is 0 Å². The van der Waals surface area contributed by atoms with Crippen LogP contribution in [0.25, 0.3) is 0 Å². The average molecular weight is 304 g/mol. The van der Waals surface area contributed by atoms with Gasteiger partial charge in [-0.05, 0) is 29.8 Å². The molecule has 17 heavy (non-hydrogen) atoms. The summed E-state index contributed by atoms with van der Waals surface area (Å²) >= 11 is 3.01. The monoisotopic (exact) mass is 303 g/mol. The standard InChI is InChI=1S/C10H14BrN3O3/c1-3-13(4-2)8(15)6-14-9(16)7(11)5-12-10(14)17/h5H,3-4,6H2,1-2H3,(H,12,17). The highest BCUT2D eigenvalue weighted by atomic mass is 79.9. The summed E-state index contributed by atoms with van der Waals surface area (Å²) in [6.45, 7) is 4.55. The molecule has 94 valence electrons.